The molecule has 2 bridgehead atoms. The Kier molecular flexibility index (Phi) is 5.05. The van der Waals surface area contributed by atoms with Crippen LogP contribution in [0.2, 0.25) is 0 Å². The van der Waals surface area contributed by atoms with E-state index in [0.29, 0.717) is 11.0 Å². The highest BCUT2D eigenvalue weighted by atomic mass is 79.9. The van der Waals surface area contributed by atoms with Gasteiger partial charge in [-0.25, -0.2) is 4.98 Å². The Morgan fingerprint density at radius 2 is 1.77 bits per heavy atom. The molecular weight excluding hydrogens is 456 g/mol. The minimum atomic E-state index is -1.14. The number of hydrogen-bond acceptors (Lipinski definition) is 4. The minimum Gasteiger partial charge on any atom is -0.369 e. The molecule has 2 saturated carbocycles. The summed E-state index contributed by atoms with van der Waals surface area (Å²) in [6.07, 6.45) is 13.0. The van der Waals surface area contributed by atoms with Crippen LogP contribution >= 0.6 is 15.9 Å². The van der Waals surface area contributed by atoms with Crippen LogP contribution in [-0.4, -0.2) is 41.3 Å². The Hall–Kier alpha value is -1.73. The van der Waals surface area contributed by atoms with Gasteiger partial charge in [0.05, 0.1) is 10.8 Å². The Balaban J connectivity index is 1.56. The summed E-state index contributed by atoms with van der Waals surface area (Å²) in [5, 5.41) is 0. The summed E-state index contributed by atoms with van der Waals surface area (Å²) >= 11 is 3.39. The molecule has 4 N–H and O–H groups in total. The van der Waals surface area contributed by atoms with Crippen molar-refractivity contribution in [2.75, 3.05) is 19.6 Å². The molecule has 0 radical (unpaired) electrons. The number of primary amides is 2. The lowest BCUT2D eigenvalue weighted by atomic mass is 9.52. The summed E-state index contributed by atoms with van der Waals surface area (Å²) in [6.45, 7) is 3.36. The van der Waals surface area contributed by atoms with Crippen molar-refractivity contribution in [1.29, 1.82) is 0 Å². The number of aromatic nitrogens is 1. The third-order valence-corrected chi connectivity index (χ3v) is 9.24. The number of carbonyl (C=O) groups is 2. The van der Waals surface area contributed by atoms with Crippen molar-refractivity contribution in [2.24, 2.45) is 34.1 Å². The first kappa shape index (κ1) is 21.1. The van der Waals surface area contributed by atoms with Crippen molar-refractivity contribution in [3.05, 3.63) is 40.6 Å². The molecule has 1 aromatic heterocycles. The number of allylic oxidation sites excluding steroid dienone is 2. The van der Waals surface area contributed by atoms with Crippen LogP contribution in [0.4, 0.5) is 0 Å². The van der Waals surface area contributed by atoms with Gasteiger partial charge >= 0.3 is 0 Å². The highest BCUT2D eigenvalue weighted by molar-refractivity contribution is 9.10. The fraction of sp³-hybridized carbons (Fsp3) is 0.625. The Bertz CT molecular complexity index is 922. The highest BCUT2D eigenvalue weighted by Gasteiger charge is 2.82. The molecule has 1 saturated heterocycles. The zero-order chi connectivity index (χ0) is 21.9. The average Bonchev–Trinajstić information content (AvgIpc) is 3.11. The molecule has 0 unspecified atom stereocenters. The van der Waals surface area contributed by atoms with Crippen molar-refractivity contribution < 1.29 is 9.59 Å². The van der Waals surface area contributed by atoms with E-state index in [-0.39, 0.29) is 17.3 Å². The number of unbranched alkanes of at least 4 members (excludes halogenated alkanes) is 1. The summed E-state index contributed by atoms with van der Waals surface area (Å²) in [4.78, 5) is 33.7. The smallest absolute Gasteiger partial charge is 0.229 e. The number of nitrogens with two attached hydrogens (primary N) is 2. The van der Waals surface area contributed by atoms with Crippen molar-refractivity contribution in [1.82, 2.24) is 9.88 Å². The van der Waals surface area contributed by atoms with Crippen LogP contribution in [0.3, 0.4) is 0 Å². The summed E-state index contributed by atoms with van der Waals surface area (Å²) < 4.78 is 0.686. The second-order valence-electron chi connectivity index (χ2n) is 9.96. The van der Waals surface area contributed by atoms with E-state index in [4.69, 9.17) is 11.5 Å². The molecular formula is C24H31BrN4O2. The predicted octanol–water partition coefficient (Wildman–Crippen LogP) is 2.90. The van der Waals surface area contributed by atoms with Gasteiger partial charge in [0.25, 0.3) is 0 Å². The molecule has 5 rings (SSSR count). The molecule has 1 aliphatic heterocycles. The second kappa shape index (κ2) is 7.41. The van der Waals surface area contributed by atoms with Gasteiger partial charge in [0.15, 0.2) is 0 Å². The highest BCUT2D eigenvalue weighted by Crippen LogP contribution is 2.80. The van der Waals surface area contributed by atoms with Crippen LogP contribution in [0.5, 0.6) is 0 Å². The van der Waals surface area contributed by atoms with E-state index in [1.54, 1.807) is 6.20 Å². The van der Waals surface area contributed by atoms with Gasteiger partial charge in [0.1, 0.15) is 4.60 Å². The first-order chi connectivity index (χ1) is 14.9. The summed E-state index contributed by atoms with van der Waals surface area (Å²) in [5.41, 5.74) is 11.0. The van der Waals surface area contributed by atoms with Gasteiger partial charge in [-0.1, -0.05) is 24.6 Å². The molecule has 166 valence electrons. The van der Waals surface area contributed by atoms with Gasteiger partial charge in [-0.3, -0.25) is 9.59 Å². The van der Waals surface area contributed by atoms with E-state index in [1.165, 1.54) is 12.8 Å². The Morgan fingerprint density at radius 3 is 2.35 bits per heavy atom. The lowest BCUT2D eigenvalue weighted by molar-refractivity contribution is -0.144. The number of carbonyl (C=O) groups excluding carboxylic acids is 2. The van der Waals surface area contributed by atoms with Crippen LogP contribution < -0.4 is 11.5 Å². The van der Waals surface area contributed by atoms with Crippen LogP contribution in [0.15, 0.2) is 35.1 Å². The van der Waals surface area contributed by atoms with Crippen molar-refractivity contribution in [3.63, 3.8) is 0 Å². The fourth-order valence-electron chi connectivity index (χ4n) is 7.45. The maximum absolute atomic E-state index is 13.4. The number of halogens is 1. The lowest BCUT2D eigenvalue weighted by Gasteiger charge is -2.48. The number of nitrogens with zero attached hydrogens (tertiary/aromatic N) is 2. The third-order valence-electron chi connectivity index (χ3n) is 8.77. The number of hydrogen-bond donors (Lipinski definition) is 2. The van der Waals surface area contributed by atoms with E-state index in [2.05, 4.69) is 38.0 Å². The topological polar surface area (TPSA) is 102 Å². The number of rotatable bonds is 8. The summed E-state index contributed by atoms with van der Waals surface area (Å²) in [7, 11) is 0. The van der Waals surface area contributed by atoms with Gasteiger partial charge in [0, 0.05) is 12.1 Å². The van der Waals surface area contributed by atoms with E-state index in [1.807, 2.05) is 12.1 Å². The maximum atomic E-state index is 13.4. The van der Waals surface area contributed by atoms with Crippen molar-refractivity contribution in [3.8, 4) is 0 Å². The minimum absolute atomic E-state index is 0.0366. The SMILES string of the molecule is NC(=O)[C@]1(CCCCN2CCCC2)[C@@H]2C=C[C@@H](C23CC3)[C@@]1(C(N)=O)c1ccc(Br)nc1. The fourth-order valence-corrected chi connectivity index (χ4v) is 7.68. The van der Waals surface area contributed by atoms with E-state index in [0.717, 1.165) is 50.9 Å². The molecule has 4 aliphatic rings. The quantitative estimate of drug-likeness (QED) is 0.335. The van der Waals surface area contributed by atoms with Gasteiger partial charge in [0.2, 0.25) is 11.8 Å². The van der Waals surface area contributed by atoms with Crippen molar-refractivity contribution >= 4 is 27.7 Å². The molecule has 3 aliphatic carbocycles. The first-order valence-electron chi connectivity index (χ1n) is 11.5. The summed E-state index contributed by atoms with van der Waals surface area (Å²) in [5.74, 6) is -0.974. The largest absolute Gasteiger partial charge is 0.369 e. The molecule has 7 heteroatoms. The molecule has 2 heterocycles. The molecule has 31 heavy (non-hydrogen) atoms. The first-order valence-corrected chi connectivity index (χ1v) is 12.3. The van der Waals surface area contributed by atoms with Gasteiger partial charge in [-0.2, -0.15) is 0 Å². The summed E-state index contributed by atoms with van der Waals surface area (Å²) in [6, 6.07) is 3.73. The Morgan fingerprint density at radius 1 is 1.06 bits per heavy atom. The van der Waals surface area contributed by atoms with Crippen molar-refractivity contribution in [2.45, 2.75) is 50.4 Å². The van der Waals surface area contributed by atoms with Crippen LogP contribution in [0.1, 0.15) is 50.5 Å². The van der Waals surface area contributed by atoms with Gasteiger partial charge < -0.3 is 16.4 Å². The molecule has 3 fully saturated rings. The number of pyridine rings is 1. The van der Waals surface area contributed by atoms with Gasteiger partial charge in [-0.15, -0.1) is 0 Å². The average molecular weight is 487 g/mol. The molecule has 1 spiro atoms. The molecule has 2 amide bonds. The number of amides is 2. The standard InChI is InChI=1S/C24H31BrN4O2/c25-19-8-5-16(15-28-19)24(21(27)31)18-7-6-17(22(18)10-11-22)23(24,20(26)30)9-1-2-12-29-13-3-4-14-29/h5-8,15,17-18H,1-4,9-14H2,(H2,26,30)(H2,27,31)/t17-,18+,23+,24-/m1/s1. The molecule has 6 nitrogen and oxygen atoms in total. The Labute approximate surface area is 192 Å². The van der Waals surface area contributed by atoms with Crippen LogP contribution in [-0.2, 0) is 15.0 Å². The molecule has 4 atom stereocenters. The van der Waals surface area contributed by atoms with Crippen LogP contribution in [0, 0.1) is 22.7 Å². The third kappa shape index (κ3) is 2.75. The van der Waals surface area contributed by atoms with E-state index < -0.39 is 22.6 Å². The zero-order valence-corrected chi connectivity index (χ0v) is 19.4. The van der Waals surface area contributed by atoms with Crippen LogP contribution in [0.25, 0.3) is 0 Å². The number of likely N-dealkylation sites (tertiary alicyclic amines) is 1. The van der Waals surface area contributed by atoms with E-state index in [9.17, 15) is 9.59 Å². The maximum Gasteiger partial charge on any atom is 0.229 e. The second-order valence-corrected chi connectivity index (χ2v) is 10.8. The van der Waals surface area contributed by atoms with Gasteiger partial charge in [-0.05, 0) is 97.1 Å². The monoisotopic (exact) mass is 486 g/mol. The van der Waals surface area contributed by atoms with E-state index >= 15 is 0 Å². The molecule has 1 aromatic rings. The predicted molar refractivity (Wildman–Crippen MR) is 122 cm³/mol. The lowest BCUT2D eigenvalue weighted by Crippen LogP contribution is -2.62. The molecule has 0 aromatic carbocycles. The normalized spacial score (nSPS) is 35.1. The zero-order valence-electron chi connectivity index (χ0n) is 17.9.